The zero-order valence-corrected chi connectivity index (χ0v) is 26.8. The van der Waals surface area contributed by atoms with Crippen LogP contribution in [-0.4, -0.2) is 0 Å². The van der Waals surface area contributed by atoms with Crippen molar-refractivity contribution in [2.45, 2.75) is 19.3 Å². The minimum Gasteiger partial charge on any atom is -0.456 e. The van der Waals surface area contributed by atoms with E-state index in [0.717, 1.165) is 11.2 Å². The summed E-state index contributed by atoms with van der Waals surface area (Å²) < 4.78 is 6.36. The third-order valence-corrected chi connectivity index (χ3v) is 11.2. The lowest BCUT2D eigenvalue weighted by atomic mass is 9.80. The first-order valence-corrected chi connectivity index (χ1v) is 16.9. The number of fused-ring (bicyclic) bond motifs is 7. The summed E-state index contributed by atoms with van der Waals surface area (Å²) >= 11 is 0. The van der Waals surface area contributed by atoms with Crippen LogP contribution >= 0.6 is 0 Å². The molecule has 1 aromatic heterocycles. The lowest BCUT2D eigenvalue weighted by Gasteiger charge is -2.23. The van der Waals surface area contributed by atoms with Crippen molar-refractivity contribution >= 4 is 65.0 Å². The summed E-state index contributed by atoms with van der Waals surface area (Å²) in [5.74, 6) is 0. The van der Waals surface area contributed by atoms with Crippen LogP contribution in [0.25, 0.3) is 98.4 Å². The van der Waals surface area contributed by atoms with Gasteiger partial charge in [0.05, 0.1) is 0 Å². The normalized spacial score (nSPS) is 13.8. The second kappa shape index (κ2) is 9.12. The molecule has 0 aliphatic heterocycles. The Morgan fingerprint density at radius 2 is 1.02 bits per heavy atom. The maximum atomic E-state index is 6.36. The van der Waals surface area contributed by atoms with Crippen molar-refractivity contribution in [1.29, 1.82) is 0 Å². The van der Waals surface area contributed by atoms with E-state index in [4.69, 9.17) is 4.42 Å². The highest BCUT2D eigenvalue weighted by atomic mass is 16.3. The molecule has 0 atom stereocenters. The van der Waals surface area contributed by atoms with Gasteiger partial charge < -0.3 is 4.42 Å². The number of rotatable bonds is 2. The predicted molar refractivity (Wildman–Crippen MR) is 203 cm³/mol. The fraction of sp³-hybridized carbons (Fsp3) is 0.0638. The van der Waals surface area contributed by atoms with Gasteiger partial charge in [-0.15, -0.1) is 0 Å². The van der Waals surface area contributed by atoms with Crippen molar-refractivity contribution in [2.24, 2.45) is 0 Å². The Morgan fingerprint density at radius 3 is 1.79 bits per heavy atom. The molecule has 0 saturated heterocycles. The second-order valence-electron chi connectivity index (χ2n) is 14.0. The van der Waals surface area contributed by atoms with Crippen LogP contribution in [0.2, 0.25) is 0 Å². The molecule has 1 nitrogen and oxygen atoms in total. The first-order valence-electron chi connectivity index (χ1n) is 16.9. The molecule has 0 spiro atoms. The molecule has 0 bridgehead atoms. The van der Waals surface area contributed by atoms with Crippen LogP contribution in [-0.2, 0) is 5.41 Å². The summed E-state index contributed by atoms with van der Waals surface area (Å²) in [7, 11) is 0. The van der Waals surface area contributed by atoms with Crippen molar-refractivity contribution in [3.8, 4) is 33.4 Å². The first kappa shape index (κ1) is 26.2. The van der Waals surface area contributed by atoms with Gasteiger partial charge in [0.2, 0.25) is 0 Å². The Bertz CT molecular complexity index is 2910. The monoisotopic (exact) mass is 610 g/mol. The molecule has 1 aliphatic carbocycles. The summed E-state index contributed by atoms with van der Waals surface area (Å²) in [4.78, 5) is 0. The van der Waals surface area contributed by atoms with Gasteiger partial charge >= 0.3 is 0 Å². The van der Waals surface area contributed by atoms with Crippen LogP contribution in [0.5, 0.6) is 0 Å². The van der Waals surface area contributed by atoms with Gasteiger partial charge in [0.1, 0.15) is 11.2 Å². The highest BCUT2D eigenvalue weighted by molar-refractivity contribution is 6.28. The lowest BCUT2D eigenvalue weighted by molar-refractivity contribution is 0.661. The number of hydrogen-bond acceptors (Lipinski definition) is 1. The summed E-state index contributed by atoms with van der Waals surface area (Å²) in [6, 6.07) is 54.0. The van der Waals surface area contributed by atoms with Gasteiger partial charge in [-0.25, -0.2) is 0 Å². The molecule has 0 N–H and O–H groups in total. The molecule has 0 radical (unpaired) electrons. The van der Waals surface area contributed by atoms with Crippen LogP contribution < -0.4 is 0 Å². The minimum atomic E-state index is -0.104. The molecule has 0 saturated carbocycles. The maximum absolute atomic E-state index is 6.36. The van der Waals surface area contributed by atoms with E-state index < -0.39 is 0 Å². The van der Waals surface area contributed by atoms with Crippen molar-refractivity contribution in [3.63, 3.8) is 0 Å². The van der Waals surface area contributed by atoms with Gasteiger partial charge in [-0.1, -0.05) is 135 Å². The molecule has 10 aromatic rings. The van der Waals surface area contributed by atoms with Crippen molar-refractivity contribution in [3.05, 3.63) is 157 Å². The van der Waals surface area contributed by atoms with Crippen LogP contribution in [0.1, 0.15) is 25.0 Å². The molecule has 0 amide bonds. The van der Waals surface area contributed by atoms with E-state index in [9.17, 15) is 0 Å². The van der Waals surface area contributed by atoms with Gasteiger partial charge in [0, 0.05) is 16.2 Å². The van der Waals surface area contributed by atoms with E-state index in [1.54, 1.807) is 0 Å². The van der Waals surface area contributed by atoms with E-state index in [2.05, 4.69) is 159 Å². The van der Waals surface area contributed by atoms with Gasteiger partial charge in [0.15, 0.2) is 0 Å². The SMILES string of the molecule is CC1(C)c2cc(-c3c4ccccc4c(-c4ccc5oc6cccc7ccc4c5c76)c4ccccc34)ccc2-c2c1ccc1ccccc21. The zero-order chi connectivity index (χ0) is 31.7. The number of benzene rings is 9. The Kier molecular flexibility index (Phi) is 4.97. The molecule has 11 rings (SSSR count). The highest BCUT2D eigenvalue weighted by Crippen LogP contribution is 2.53. The Labute approximate surface area is 278 Å². The molecule has 224 valence electrons. The van der Waals surface area contributed by atoms with Crippen LogP contribution in [0.4, 0.5) is 0 Å². The van der Waals surface area contributed by atoms with Gasteiger partial charge in [-0.3, -0.25) is 0 Å². The lowest BCUT2D eigenvalue weighted by Crippen LogP contribution is -2.15. The van der Waals surface area contributed by atoms with E-state index in [-0.39, 0.29) is 5.41 Å². The minimum absolute atomic E-state index is 0.104. The molecule has 0 fully saturated rings. The van der Waals surface area contributed by atoms with E-state index in [1.165, 1.54) is 98.4 Å². The fourth-order valence-electron chi connectivity index (χ4n) is 9.06. The summed E-state index contributed by atoms with van der Waals surface area (Å²) in [6.45, 7) is 4.77. The average molecular weight is 611 g/mol. The summed E-state index contributed by atoms with van der Waals surface area (Å²) in [5, 5.41) is 12.6. The van der Waals surface area contributed by atoms with Gasteiger partial charge in [-0.2, -0.15) is 0 Å². The summed E-state index contributed by atoms with van der Waals surface area (Å²) in [5.41, 5.74) is 12.4. The largest absolute Gasteiger partial charge is 0.456 e. The predicted octanol–water partition coefficient (Wildman–Crippen LogP) is 13.3. The molecular weight excluding hydrogens is 581 g/mol. The maximum Gasteiger partial charge on any atom is 0.136 e. The van der Waals surface area contributed by atoms with Gasteiger partial charge in [0.25, 0.3) is 0 Å². The van der Waals surface area contributed by atoms with Crippen molar-refractivity contribution in [2.75, 3.05) is 0 Å². The standard InChI is InChI=1S/C47H30O/c1-47(2)38-24-20-27-10-3-4-12-30(27)45(38)37-22-19-29(26-39(37)47)42-31-13-5-7-15-33(31)44(34-16-8-6-14-32(34)42)35-23-25-41-46-36(35)21-18-28-11-9-17-40(48-41)43(28)46/h3-26H,1-2H3. The van der Waals surface area contributed by atoms with Crippen LogP contribution in [0, 0.1) is 0 Å². The molecule has 0 unspecified atom stereocenters. The third kappa shape index (κ3) is 3.26. The van der Waals surface area contributed by atoms with E-state index in [0.29, 0.717) is 0 Å². The smallest absolute Gasteiger partial charge is 0.136 e. The molecule has 1 heterocycles. The van der Waals surface area contributed by atoms with Crippen molar-refractivity contribution < 1.29 is 4.42 Å². The second-order valence-corrected chi connectivity index (χ2v) is 14.0. The number of furan rings is 1. The van der Waals surface area contributed by atoms with E-state index >= 15 is 0 Å². The Hall–Kier alpha value is -5.92. The van der Waals surface area contributed by atoms with Crippen molar-refractivity contribution in [1.82, 2.24) is 0 Å². The molecule has 1 heteroatoms. The molecule has 9 aromatic carbocycles. The van der Waals surface area contributed by atoms with E-state index in [1.807, 2.05) is 0 Å². The average Bonchev–Trinajstić information content (AvgIpc) is 3.62. The topological polar surface area (TPSA) is 13.1 Å². The van der Waals surface area contributed by atoms with Crippen LogP contribution in [0.3, 0.4) is 0 Å². The Balaban J connectivity index is 1.21. The van der Waals surface area contributed by atoms with Gasteiger partial charge in [-0.05, 0) is 112 Å². The highest BCUT2D eigenvalue weighted by Gasteiger charge is 2.37. The quantitative estimate of drug-likeness (QED) is 0.140. The molecule has 48 heavy (non-hydrogen) atoms. The zero-order valence-electron chi connectivity index (χ0n) is 26.8. The fourth-order valence-corrected chi connectivity index (χ4v) is 9.06. The van der Waals surface area contributed by atoms with Crippen LogP contribution in [0.15, 0.2) is 150 Å². The third-order valence-electron chi connectivity index (χ3n) is 11.2. The Morgan fingerprint density at radius 1 is 0.396 bits per heavy atom. The first-order chi connectivity index (χ1) is 23.6. The molecule has 1 aliphatic rings. The number of hydrogen-bond donors (Lipinski definition) is 0. The summed E-state index contributed by atoms with van der Waals surface area (Å²) in [6.07, 6.45) is 0. The molecular formula is C47H30O.